The quantitative estimate of drug-likeness (QED) is 0.376. The Morgan fingerprint density at radius 3 is 2.15 bits per heavy atom. The van der Waals surface area contributed by atoms with Crippen molar-refractivity contribution in [3.8, 4) is 5.75 Å². The first-order valence-electron chi connectivity index (χ1n) is 8.32. The third-order valence-corrected chi connectivity index (χ3v) is 3.39. The monoisotopic (exact) mass is 374 g/mol. The highest BCUT2D eigenvalue weighted by atomic mass is 16.6. The first kappa shape index (κ1) is 20.5. The molecule has 0 aromatic heterocycles. The molecule has 2 N–H and O–H groups in total. The van der Waals surface area contributed by atoms with E-state index in [0.717, 1.165) is 0 Å². The summed E-state index contributed by atoms with van der Waals surface area (Å²) >= 11 is 0. The second kappa shape index (κ2) is 11.0. The Hall–Kier alpha value is -2.81. The number of aliphatic hydroxyl groups excluding tert-OH is 2. The van der Waals surface area contributed by atoms with Gasteiger partial charge in [0.25, 0.3) is 0 Å². The topological polar surface area (TPSA) is 110 Å². The van der Waals surface area contributed by atoms with Gasteiger partial charge in [-0.25, -0.2) is 4.79 Å². The number of nitrogens with zero attached hydrogens (tertiary/aromatic N) is 2. The third-order valence-electron chi connectivity index (χ3n) is 3.39. The van der Waals surface area contributed by atoms with Crippen molar-refractivity contribution >= 4 is 17.3 Å². The Kier molecular flexibility index (Phi) is 8.37. The van der Waals surface area contributed by atoms with Crippen molar-refractivity contribution in [3.63, 3.8) is 0 Å². The van der Waals surface area contributed by atoms with E-state index < -0.39 is 12.1 Å². The van der Waals surface area contributed by atoms with Crippen LogP contribution in [0.5, 0.6) is 5.75 Å². The number of azo groups is 1. The van der Waals surface area contributed by atoms with Crippen LogP contribution in [0.15, 0.2) is 58.8 Å². The SMILES string of the molecule is COCCOC(=O)c1ccc(N=Nc2ccc(OCC(O)CO)cc2)cc1. The van der Waals surface area contributed by atoms with Gasteiger partial charge in [0.2, 0.25) is 0 Å². The van der Waals surface area contributed by atoms with Gasteiger partial charge in [-0.15, -0.1) is 0 Å². The number of rotatable bonds is 10. The van der Waals surface area contributed by atoms with Gasteiger partial charge in [0.15, 0.2) is 0 Å². The van der Waals surface area contributed by atoms with Crippen LogP contribution in [0.2, 0.25) is 0 Å². The van der Waals surface area contributed by atoms with Crippen LogP contribution in [0.3, 0.4) is 0 Å². The largest absolute Gasteiger partial charge is 0.491 e. The summed E-state index contributed by atoms with van der Waals surface area (Å²) in [6.45, 7) is 0.215. The van der Waals surface area contributed by atoms with Crippen molar-refractivity contribution in [2.75, 3.05) is 33.5 Å². The molecule has 0 heterocycles. The molecule has 8 nitrogen and oxygen atoms in total. The minimum atomic E-state index is -0.912. The van der Waals surface area contributed by atoms with Gasteiger partial charge in [-0.05, 0) is 48.5 Å². The molecule has 2 rings (SSSR count). The van der Waals surface area contributed by atoms with E-state index in [2.05, 4.69) is 10.2 Å². The van der Waals surface area contributed by atoms with Gasteiger partial charge >= 0.3 is 5.97 Å². The van der Waals surface area contributed by atoms with Crippen molar-refractivity contribution in [3.05, 3.63) is 54.1 Å². The van der Waals surface area contributed by atoms with Crippen molar-refractivity contribution < 1.29 is 29.2 Å². The number of carbonyl (C=O) groups excluding carboxylic acids is 1. The molecule has 27 heavy (non-hydrogen) atoms. The van der Waals surface area contributed by atoms with Crippen molar-refractivity contribution in [2.24, 2.45) is 10.2 Å². The molecule has 0 radical (unpaired) electrons. The van der Waals surface area contributed by atoms with Crippen molar-refractivity contribution in [1.29, 1.82) is 0 Å². The minimum Gasteiger partial charge on any atom is -0.491 e. The fraction of sp³-hybridized carbons (Fsp3) is 0.316. The van der Waals surface area contributed by atoms with E-state index in [1.165, 1.54) is 7.11 Å². The van der Waals surface area contributed by atoms with Crippen molar-refractivity contribution in [2.45, 2.75) is 6.10 Å². The van der Waals surface area contributed by atoms with E-state index in [4.69, 9.17) is 19.3 Å². The van der Waals surface area contributed by atoms with Gasteiger partial charge in [-0.3, -0.25) is 0 Å². The van der Waals surface area contributed by atoms with Crippen LogP contribution in [-0.2, 0) is 9.47 Å². The summed E-state index contributed by atoms with van der Waals surface area (Å²) in [5.41, 5.74) is 1.64. The second-order valence-corrected chi connectivity index (χ2v) is 5.52. The highest BCUT2D eigenvalue weighted by Gasteiger charge is 2.06. The minimum absolute atomic E-state index is 0.0115. The van der Waals surface area contributed by atoms with Crippen LogP contribution in [0, 0.1) is 0 Å². The molecule has 0 aliphatic rings. The Bertz CT molecular complexity index is 731. The lowest BCUT2D eigenvalue weighted by Gasteiger charge is -2.09. The number of hydrogen-bond donors (Lipinski definition) is 2. The zero-order valence-corrected chi connectivity index (χ0v) is 14.9. The number of benzene rings is 2. The van der Waals surface area contributed by atoms with Crippen LogP contribution >= 0.6 is 0 Å². The Labute approximate surface area is 157 Å². The van der Waals surface area contributed by atoms with Gasteiger partial charge in [-0.2, -0.15) is 10.2 Å². The summed E-state index contributed by atoms with van der Waals surface area (Å²) in [7, 11) is 1.54. The van der Waals surface area contributed by atoms with E-state index in [9.17, 15) is 9.90 Å². The molecule has 2 aromatic carbocycles. The van der Waals surface area contributed by atoms with Gasteiger partial charge in [0.05, 0.1) is 30.2 Å². The molecule has 0 aliphatic heterocycles. The summed E-state index contributed by atoms with van der Waals surface area (Å²) in [5, 5.41) is 26.2. The number of esters is 1. The molecule has 8 heteroatoms. The van der Waals surface area contributed by atoms with Gasteiger partial charge in [-0.1, -0.05) is 0 Å². The molecule has 2 aromatic rings. The molecule has 0 saturated carbocycles. The zero-order chi connectivity index (χ0) is 19.5. The molecular weight excluding hydrogens is 352 g/mol. The van der Waals surface area contributed by atoms with Gasteiger partial charge < -0.3 is 24.4 Å². The number of ether oxygens (including phenoxy) is 3. The maximum absolute atomic E-state index is 11.8. The molecule has 144 valence electrons. The highest BCUT2D eigenvalue weighted by Crippen LogP contribution is 2.21. The predicted octanol–water partition coefficient (Wildman–Crippen LogP) is 2.64. The first-order valence-corrected chi connectivity index (χ1v) is 8.32. The Morgan fingerprint density at radius 1 is 1.00 bits per heavy atom. The Balaban J connectivity index is 1.88. The molecule has 0 spiro atoms. The predicted molar refractivity (Wildman–Crippen MR) is 97.8 cm³/mol. The van der Waals surface area contributed by atoms with Crippen LogP contribution in [0.1, 0.15) is 10.4 Å². The summed E-state index contributed by atoms with van der Waals surface area (Å²) in [5.74, 6) is 0.134. The first-order chi connectivity index (χ1) is 13.1. The maximum Gasteiger partial charge on any atom is 0.338 e. The van der Waals surface area contributed by atoms with E-state index in [1.54, 1.807) is 48.5 Å². The van der Waals surface area contributed by atoms with Crippen molar-refractivity contribution in [1.82, 2.24) is 0 Å². The molecule has 0 amide bonds. The fourth-order valence-corrected chi connectivity index (χ4v) is 1.93. The number of methoxy groups -OCH3 is 1. The van der Waals surface area contributed by atoms with E-state index in [1.807, 2.05) is 0 Å². The van der Waals surface area contributed by atoms with E-state index in [0.29, 0.717) is 29.3 Å². The summed E-state index contributed by atoms with van der Waals surface area (Å²) < 4.78 is 15.2. The van der Waals surface area contributed by atoms with Gasteiger partial charge in [0, 0.05) is 7.11 Å². The lowest BCUT2D eigenvalue weighted by Crippen LogP contribution is -2.21. The lowest BCUT2D eigenvalue weighted by molar-refractivity contribution is 0.0388. The molecule has 0 saturated heterocycles. The molecule has 0 aliphatic carbocycles. The molecule has 1 unspecified atom stereocenters. The standard InChI is InChI=1S/C19H22N2O6/c1-25-10-11-26-19(24)14-2-4-15(5-3-14)20-21-16-6-8-18(9-7-16)27-13-17(23)12-22/h2-9,17,22-23H,10-13H2,1H3. The average molecular weight is 374 g/mol. The molecule has 0 fully saturated rings. The zero-order valence-electron chi connectivity index (χ0n) is 14.9. The van der Waals surface area contributed by atoms with Gasteiger partial charge in [0.1, 0.15) is 25.1 Å². The summed E-state index contributed by atoms with van der Waals surface area (Å²) in [6, 6.07) is 13.4. The average Bonchev–Trinajstić information content (AvgIpc) is 2.71. The summed E-state index contributed by atoms with van der Waals surface area (Å²) in [4.78, 5) is 11.8. The lowest BCUT2D eigenvalue weighted by atomic mass is 10.2. The number of carbonyl (C=O) groups is 1. The molecule has 1 atom stereocenters. The molecule has 0 bridgehead atoms. The van der Waals surface area contributed by atoms with E-state index >= 15 is 0 Å². The Morgan fingerprint density at radius 2 is 1.59 bits per heavy atom. The number of aliphatic hydroxyl groups is 2. The van der Waals surface area contributed by atoms with E-state index in [-0.39, 0.29) is 19.8 Å². The van der Waals surface area contributed by atoms with Crippen LogP contribution < -0.4 is 4.74 Å². The summed E-state index contributed by atoms with van der Waals surface area (Å²) in [6.07, 6.45) is -0.912. The smallest absolute Gasteiger partial charge is 0.338 e. The maximum atomic E-state index is 11.8. The van der Waals surface area contributed by atoms with Crippen LogP contribution in [0.25, 0.3) is 0 Å². The third kappa shape index (κ3) is 7.14. The normalized spacial score (nSPS) is 12.1. The van der Waals surface area contributed by atoms with Crippen LogP contribution in [-0.4, -0.2) is 55.8 Å². The second-order valence-electron chi connectivity index (χ2n) is 5.52. The highest BCUT2D eigenvalue weighted by molar-refractivity contribution is 5.89. The number of hydrogen-bond acceptors (Lipinski definition) is 8. The van der Waals surface area contributed by atoms with Crippen LogP contribution in [0.4, 0.5) is 11.4 Å². The molecular formula is C19H22N2O6. The fourth-order valence-electron chi connectivity index (χ4n) is 1.93.